The van der Waals surface area contributed by atoms with E-state index in [0.29, 0.717) is 24.7 Å². The molecule has 0 bridgehead atoms. The molecule has 0 saturated heterocycles. The van der Waals surface area contributed by atoms with Gasteiger partial charge in [-0.1, -0.05) is 0 Å². The normalized spacial score (nSPS) is 14.7. The van der Waals surface area contributed by atoms with Crippen LogP contribution in [0.4, 0.5) is 11.4 Å². The number of anilines is 2. The molecule has 0 fully saturated rings. The molecule has 104 valence electrons. The molecule has 1 aliphatic rings. The van der Waals surface area contributed by atoms with Crippen LogP contribution in [0, 0.1) is 0 Å². The highest BCUT2D eigenvalue weighted by atomic mass is 16.6. The SMILES string of the molecule is CC(Nc1cc2c(cc1N)OCCO2)c1ccncc1. The number of fused-ring (bicyclic) bond motifs is 1. The summed E-state index contributed by atoms with van der Waals surface area (Å²) in [6, 6.07) is 7.78. The highest BCUT2D eigenvalue weighted by molar-refractivity contribution is 5.72. The van der Waals surface area contributed by atoms with Gasteiger partial charge in [0, 0.05) is 30.6 Å². The molecule has 0 saturated carbocycles. The van der Waals surface area contributed by atoms with Crippen LogP contribution in [0.1, 0.15) is 18.5 Å². The van der Waals surface area contributed by atoms with E-state index >= 15 is 0 Å². The Bertz CT molecular complexity index is 602. The van der Waals surface area contributed by atoms with E-state index in [9.17, 15) is 0 Å². The van der Waals surface area contributed by atoms with Gasteiger partial charge in [0.15, 0.2) is 11.5 Å². The third-order valence-corrected chi connectivity index (χ3v) is 3.29. The number of pyridine rings is 1. The fraction of sp³-hybridized carbons (Fsp3) is 0.267. The lowest BCUT2D eigenvalue weighted by Gasteiger charge is -2.22. The van der Waals surface area contributed by atoms with E-state index in [4.69, 9.17) is 15.2 Å². The van der Waals surface area contributed by atoms with E-state index in [2.05, 4.69) is 17.2 Å². The maximum atomic E-state index is 6.06. The summed E-state index contributed by atoms with van der Waals surface area (Å²) in [7, 11) is 0. The second-order valence-corrected chi connectivity index (χ2v) is 4.73. The van der Waals surface area contributed by atoms with Crippen LogP contribution in [0.5, 0.6) is 11.5 Å². The van der Waals surface area contributed by atoms with E-state index in [-0.39, 0.29) is 6.04 Å². The molecule has 1 aromatic heterocycles. The molecule has 1 aliphatic heterocycles. The number of nitrogens with two attached hydrogens (primary N) is 1. The molecular formula is C15H17N3O2. The number of rotatable bonds is 3. The van der Waals surface area contributed by atoms with Crippen LogP contribution in [0.25, 0.3) is 0 Å². The summed E-state index contributed by atoms with van der Waals surface area (Å²) in [5.41, 5.74) is 8.70. The lowest BCUT2D eigenvalue weighted by atomic mass is 10.1. The van der Waals surface area contributed by atoms with Crippen LogP contribution in [-0.4, -0.2) is 18.2 Å². The van der Waals surface area contributed by atoms with Crippen LogP contribution in [0.3, 0.4) is 0 Å². The molecule has 5 heteroatoms. The van der Waals surface area contributed by atoms with Gasteiger partial charge in [0.2, 0.25) is 0 Å². The Balaban J connectivity index is 1.84. The summed E-state index contributed by atoms with van der Waals surface area (Å²) < 4.78 is 11.1. The summed E-state index contributed by atoms with van der Waals surface area (Å²) >= 11 is 0. The highest BCUT2D eigenvalue weighted by Crippen LogP contribution is 2.38. The largest absolute Gasteiger partial charge is 0.486 e. The molecule has 1 atom stereocenters. The maximum Gasteiger partial charge on any atom is 0.163 e. The zero-order valence-corrected chi connectivity index (χ0v) is 11.3. The Morgan fingerprint density at radius 2 is 1.80 bits per heavy atom. The van der Waals surface area contributed by atoms with Gasteiger partial charge in [0.05, 0.1) is 11.4 Å². The molecule has 0 radical (unpaired) electrons. The Morgan fingerprint density at radius 3 is 2.50 bits per heavy atom. The molecule has 20 heavy (non-hydrogen) atoms. The minimum absolute atomic E-state index is 0.128. The van der Waals surface area contributed by atoms with Crippen molar-refractivity contribution in [2.24, 2.45) is 0 Å². The lowest BCUT2D eigenvalue weighted by molar-refractivity contribution is 0.172. The fourth-order valence-corrected chi connectivity index (χ4v) is 2.20. The summed E-state index contributed by atoms with van der Waals surface area (Å²) in [5, 5.41) is 3.39. The first-order chi connectivity index (χ1) is 9.74. The Hall–Kier alpha value is -2.43. The zero-order chi connectivity index (χ0) is 13.9. The van der Waals surface area contributed by atoms with Crippen LogP contribution >= 0.6 is 0 Å². The quantitative estimate of drug-likeness (QED) is 0.840. The van der Waals surface area contributed by atoms with Gasteiger partial charge >= 0.3 is 0 Å². The van der Waals surface area contributed by atoms with Crippen molar-refractivity contribution < 1.29 is 9.47 Å². The molecule has 3 N–H and O–H groups in total. The average molecular weight is 271 g/mol. The Kier molecular flexibility index (Phi) is 3.33. The first kappa shape index (κ1) is 12.6. The van der Waals surface area contributed by atoms with E-state index in [1.165, 1.54) is 0 Å². The predicted molar refractivity (Wildman–Crippen MR) is 78.1 cm³/mol. The first-order valence-corrected chi connectivity index (χ1v) is 6.59. The minimum Gasteiger partial charge on any atom is -0.486 e. The van der Waals surface area contributed by atoms with E-state index in [1.807, 2.05) is 18.2 Å². The number of ether oxygens (including phenoxy) is 2. The Morgan fingerprint density at radius 1 is 1.15 bits per heavy atom. The second-order valence-electron chi connectivity index (χ2n) is 4.73. The molecule has 2 aromatic rings. The lowest BCUT2D eigenvalue weighted by Crippen LogP contribution is -2.16. The van der Waals surface area contributed by atoms with E-state index < -0.39 is 0 Å². The third kappa shape index (κ3) is 2.47. The van der Waals surface area contributed by atoms with Crippen LogP contribution in [-0.2, 0) is 0 Å². The summed E-state index contributed by atoms with van der Waals surface area (Å²) in [6.07, 6.45) is 3.56. The van der Waals surface area contributed by atoms with E-state index in [1.54, 1.807) is 18.5 Å². The van der Waals surface area contributed by atoms with Gasteiger partial charge in [0.25, 0.3) is 0 Å². The molecule has 3 rings (SSSR count). The van der Waals surface area contributed by atoms with Crippen molar-refractivity contribution in [3.8, 4) is 11.5 Å². The number of hydrogen-bond donors (Lipinski definition) is 2. The van der Waals surface area contributed by atoms with Crippen molar-refractivity contribution in [2.45, 2.75) is 13.0 Å². The van der Waals surface area contributed by atoms with Gasteiger partial charge in [-0.15, -0.1) is 0 Å². The molecule has 0 amide bonds. The number of nitrogens with zero attached hydrogens (tertiary/aromatic N) is 1. The van der Waals surface area contributed by atoms with Crippen molar-refractivity contribution in [3.05, 3.63) is 42.2 Å². The van der Waals surface area contributed by atoms with Crippen LogP contribution < -0.4 is 20.5 Å². The van der Waals surface area contributed by atoms with Gasteiger partial charge in [0.1, 0.15) is 13.2 Å². The van der Waals surface area contributed by atoms with Crippen molar-refractivity contribution in [1.82, 2.24) is 4.98 Å². The van der Waals surface area contributed by atoms with Gasteiger partial charge < -0.3 is 20.5 Å². The molecule has 1 unspecified atom stereocenters. The van der Waals surface area contributed by atoms with Crippen LogP contribution in [0.2, 0.25) is 0 Å². The smallest absolute Gasteiger partial charge is 0.163 e. The number of aromatic nitrogens is 1. The van der Waals surface area contributed by atoms with Crippen molar-refractivity contribution >= 4 is 11.4 Å². The van der Waals surface area contributed by atoms with E-state index in [0.717, 1.165) is 17.0 Å². The van der Waals surface area contributed by atoms with Crippen LogP contribution in [0.15, 0.2) is 36.7 Å². The second kappa shape index (κ2) is 5.28. The van der Waals surface area contributed by atoms with Gasteiger partial charge in [-0.25, -0.2) is 0 Å². The molecule has 2 heterocycles. The monoisotopic (exact) mass is 271 g/mol. The summed E-state index contributed by atoms with van der Waals surface area (Å²) in [5.74, 6) is 1.44. The van der Waals surface area contributed by atoms with Gasteiger partial charge in [-0.05, 0) is 24.6 Å². The zero-order valence-electron chi connectivity index (χ0n) is 11.3. The molecule has 0 aliphatic carbocycles. The van der Waals surface area contributed by atoms with Gasteiger partial charge in [-0.3, -0.25) is 4.98 Å². The number of hydrogen-bond acceptors (Lipinski definition) is 5. The topological polar surface area (TPSA) is 69.4 Å². The molecule has 5 nitrogen and oxygen atoms in total. The predicted octanol–water partition coefficient (Wildman–Crippen LogP) is 2.61. The van der Waals surface area contributed by atoms with Crippen molar-refractivity contribution in [3.63, 3.8) is 0 Å². The average Bonchev–Trinajstić information content (AvgIpc) is 2.49. The molecule has 1 aromatic carbocycles. The first-order valence-electron chi connectivity index (χ1n) is 6.59. The fourth-order valence-electron chi connectivity index (χ4n) is 2.20. The van der Waals surface area contributed by atoms with Crippen molar-refractivity contribution in [1.29, 1.82) is 0 Å². The number of benzene rings is 1. The Labute approximate surface area is 117 Å². The maximum absolute atomic E-state index is 6.06. The third-order valence-electron chi connectivity index (χ3n) is 3.29. The summed E-state index contributed by atoms with van der Waals surface area (Å²) in [4.78, 5) is 4.02. The molecule has 0 spiro atoms. The number of nitrogens with one attached hydrogen (secondary N) is 1. The van der Waals surface area contributed by atoms with Gasteiger partial charge in [-0.2, -0.15) is 0 Å². The van der Waals surface area contributed by atoms with Crippen molar-refractivity contribution in [2.75, 3.05) is 24.3 Å². The molecular weight excluding hydrogens is 254 g/mol. The minimum atomic E-state index is 0.128. The standard InChI is InChI=1S/C15H17N3O2/c1-10(11-2-4-17-5-3-11)18-13-9-15-14(8-12(13)16)19-6-7-20-15/h2-5,8-10,18H,6-7,16H2,1H3. The highest BCUT2D eigenvalue weighted by Gasteiger charge is 2.16. The number of nitrogen functional groups attached to an aromatic ring is 1. The summed E-state index contributed by atoms with van der Waals surface area (Å²) in [6.45, 7) is 3.20.